The molecule has 20 heavy (non-hydrogen) atoms. The van der Waals surface area contributed by atoms with E-state index in [0.29, 0.717) is 12.0 Å². The number of nitrogens with zero attached hydrogens (tertiary/aromatic N) is 2. The van der Waals surface area contributed by atoms with Crippen molar-refractivity contribution in [1.29, 1.82) is 0 Å². The minimum atomic E-state index is 0. The minimum absolute atomic E-state index is 0. The van der Waals surface area contributed by atoms with Crippen LogP contribution in [0.15, 0.2) is 6.20 Å². The summed E-state index contributed by atoms with van der Waals surface area (Å²) in [5.41, 5.74) is 6.26. The summed E-state index contributed by atoms with van der Waals surface area (Å²) in [7, 11) is 0. The molecule has 116 valence electrons. The van der Waals surface area contributed by atoms with Crippen molar-refractivity contribution < 1.29 is 0 Å². The molecule has 1 fully saturated rings. The number of hydrogen-bond acceptors (Lipinski definition) is 4. The van der Waals surface area contributed by atoms with Gasteiger partial charge < -0.3 is 5.73 Å². The van der Waals surface area contributed by atoms with Crippen molar-refractivity contribution in [3.05, 3.63) is 16.1 Å². The Morgan fingerprint density at radius 2 is 2.20 bits per heavy atom. The zero-order valence-electron chi connectivity index (χ0n) is 13.1. The first-order chi connectivity index (χ1) is 8.86. The summed E-state index contributed by atoms with van der Waals surface area (Å²) < 4.78 is 0. The number of halogens is 1. The van der Waals surface area contributed by atoms with Crippen LogP contribution in [0, 0.1) is 5.92 Å². The average molecular weight is 318 g/mol. The van der Waals surface area contributed by atoms with Gasteiger partial charge in [0.15, 0.2) is 0 Å². The van der Waals surface area contributed by atoms with Gasteiger partial charge in [-0.15, -0.1) is 23.7 Å². The van der Waals surface area contributed by atoms with Crippen LogP contribution in [0.1, 0.15) is 50.4 Å². The van der Waals surface area contributed by atoms with Crippen LogP contribution < -0.4 is 5.73 Å². The van der Waals surface area contributed by atoms with Gasteiger partial charge in [-0.1, -0.05) is 20.8 Å². The van der Waals surface area contributed by atoms with Gasteiger partial charge in [-0.2, -0.15) is 0 Å². The molecule has 0 spiro atoms. The molecule has 3 nitrogen and oxygen atoms in total. The normalized spacial score (nSPS) is 22.4. The van der Waals surface area contributed by atoms with Crippen molar-refractivity contribution in [2.45, 2.75) is 58.5 Å². The number of hydrogen-bond donors (Lipinski definition) is 1. The molecule has 1 saturated heterocycles. The van der Waals surface area contributed by atoms with E-state index in [1.54, 1.807) is 0 Å². The van der Waals surface area contributed by atoms with E-state index in [1.807, 2.05) is 17.5 Å². The molecule has 2 N–H and O–H groups in total. The molecule has 0 aliphatic carbocycles. The van der Waals surface area contributed by atoms with Gasteiger partial charge in [-0.3, -0.25) is 4.90 Å². The second-order valence-electron chi connectivity index (χ2n) is 6.86. The predicted octanol–water partition coefficient (Wildman–Crippen LogP) is 3.42. The average Bonchev–Trinajstić information content (AvgIpc) is 2.77. The molecule has 2 heterocycles. The lowest BCUT2D eigenvalue weighted by molar-refractivity contribution is 0.154. The maximum Gasteiger partial charge on any atom is 0.107 e. The fourth-order valence-corrected chi connectivity index (χ4v) is 3.60. The Morgan fingerprint density at radius 3 is 2.75 bits per heavy atom. The molecule has 0 bridgehead atoms. The maximum absolute atomic E-state index is 6.04. The van der Waals surface area contributed by atoms with E-state index in [2.05, 4.69) is 37.6 Å². The lowest BCUT2D eigenvalue weighted by Crippen LogP contribution is -2.41. The molecule has 1 aliphatic rings. The first-order valence-electron chi connectivity index (χ1n) is 7.29. The fourth-order valence-electron chi connectivity index (χ4n) is 2.59. The van der Waals surface area contributed by atoms with E-state index in [-0.39, 0.29) is 17.8 Å². The molecular weight excluding hydrogens is 290 g/mol. The third kappa shape index (κ3) is 4.69. The lowest BCUT2D eigenvalue weighted by Gasteiger charge is -2.34. The molecule has 5 heteroatoms. The van der Waals surface area contributed by atoms with Crippen LogP contribution in [-0.4, -0.2) is 29.0 Å². The van der Waals surface area contributed by atoms with Gasteiger partial charge in [-0.05, 0) is 37.6 Å². The summed E-state index contributed by atoms with van der Waals surface area (Å²) >= 11 is 1.86. The molecule has 0 saturated carbocycles. The van der Waals surface area contributed by atoms with E-state index in [0.717, 1.165) is 13.1 Å². The second kappa shape index (κ2) is 7.21. The quantitative estimate of drug-likeness (QED) is 0.928. The van der Waals surface area contributed by atoms with E-state index in [4.69, 9.17) is 5.73 Å². The van der Waals surface area contributed by atoms with Gasteiger partial charge in [0.2, 0.25) is 0 Å². The van der Waals surface area contributed by atoms with E-state index in [1.165, 1.54) is 29.3 Å². The van der Waals surface area contributed by atoms with Crippen LogP contribution in [0.4, 0.5) is 0 Å². The zero-order valence-corrected chi connectivity index (χ0v) is 14.7. The highest BCUT2D eigenvalue weighted by molar-refractivity contribution is 7.11. The zero-order chi connectivity index (χ0) is 14.0. The molecule has 2 rings (SSSR count). The molecule has 2 atom stereocenters. The Balaban J connectivity index is 0.00000200. The van der Waals surface area contributed by atoms with Crippen LogP contribution in [-0.2, 0) is 12.0 Å². The van der Waals surface area contributed by atoms with Crippen LogP contribution in [0.25, 0.3) is 0 Å². The van der Waals surface area contributed by atoms with Crippen LogP contribution in [0.3, 0.4) is 0 Å². The highest BCUT2D eigenvalue weighted by Gasteiger charge is 2.24. The summed E-state index contributed by atoms with van der Waals surface area (Å²) in [4.78, 5) is 8.49. The first kappa shape index (κ1) is 17.9. The van der Waals surface area contributed by atoms with Crippen molar-refractivity contribution in [1.82, 2.24) is 9.88 Å². The Bertz CT molecular complexity index is 411. The molecule has 1 aromatic heterocycles. The number of likely N-dealkylation sites (tertiary alicyclic amines) is 1. The fraction of sp³-hybridized carbons (Fsp3) is 0.800. The van der Waals surface area contributed by atoms with Crippen LogP contribution in [0.5, 0.6) is 0 Å². The van der Waals surface area contributed by atoms with Crippen molar-refractivity contribution >= 4 is 23.7 Å². The SMILES string of the molecule is CC(N)C1CCCN(Cc2ncc(C(C)(C)C)s2)C1.Cl. The van der Waals surface area contributed by atoms with Gasteiger partial charge >= 0.3 is 0 Å². The number of rotatable bonds is 3. The van der Waals surface area contributed by atoms with E-state index < -0.39 is 0 Å². The van der Waals surface area contributed by atoms with Crippen molar-refractivity contribution in [2.24, 2.45) is 11.7 Å². The first-order valence-corrected chi connectivity index (χ1v) is 8.11. The Labute approximate surface area is 133 Å². The summed E-state index contributed by atoms with van der Waals surface area (Å²) in [6, 6.07) is 0.309. The van der Waals surface area contributed by atoms with Gasteiger partial charge in [-0.25, -0.2) is 4.98 Å². The molecule has 0 radical (unpaired) electrons. The number of piperidine rings is 1. The van der Waals surface area contributed by atoms with Crippen molar-refractivity contribution in [2.75, 3.05) is 13.1 Å². The molecule has 1 aromatic rings. The minimum Gasteiger partial charge on any atom is -0.328 e. The number of thiazole rings is 1. The Kier molecular flexibility index (Phi) is 6.45. The maximum atomic E-state index is 6.04. The van der Waals surface area contributed by atoms with E-state index in [9.17, 15) is 0 Å². The number of nitrogens with two attached hydrogens (primary N) is 1. The highest BCUT2D eigenvalue weighted by Crippen LogP contribution is 2.29. The summed E-state index contributed by atoms with van der Waals surface area (Å²) in [6.45, 7) is 12.2. The van der Waals surface area contributed by atoms with Gasteiger partial charge in [0.05, 0.1) is 6.54 Å². The third-order valence-electron chi connectivity index (χ3n) is 3.94. The Morgan fingerprint density at radius 1 is 1.50 bits per heavy atom. The monoisotopic (exact) mass is 317 g/mol. The standard InChI is InChI=1S/C15H27N3S.ClH/c1-11(16)12-6-5-7-18(9-12)10-14-17-8-13(19-14)15(2,3)4;/h8,11-12H,5-7,9-10,16H2,1-4H3;1H. The van der Waals surface area contributed by atoms with Gasteiger partial charge in [0, 0.05) is 23.7 Å². The molecule has 0 aromatic carbocycles. The van der Waals surface area contributed by atoms with E-state index >= 15 is 0 Å². The molecule has 1 aliphatic heterocycles. The Hall–Kier alpha value is -0.160. The van der Waals surface area contributed by atoms with Crippen LogP contribution in [0.2, 0.25) is 0 Å². The molecule has 2 unspecified atom stereocenters. The summed E-state index contributed by atoms with van der Waals surface area (Å²) in [5.74, 6) is 0.649. The summed E-state index contributed by atoms with van der Waals surface area (Å²) in [5, 5.41) is 1.25. The topological polar surface area (TPSA) is 42.1 Å². The van der Waals surface area contributed by atoms with Gasteiger partial charge in [0.1, 0.15) is 5.01 Å². The van der Waals surface area contributed by atoms with Gasteiger partial charge in [0.25, 0.3) is 0 Å². The second-order valence-corrected chi connectivity index (χ2v) is 7.98. The highest BCUT2D eigenvalue weighted by atomic mass is 35.5. The lowest BCUT2D eigenvalue weighted by atomic mass is 9.92. The third-order valence-corrected chi connectivity index (χ3v) is 5.34. The largest absolute Gasteiger partial charge is 0.328 e. The molecule has 0 amide bonds. The van der Waals surface area contributed by atoms with Crippen molar-refractivity contribution in [3.8, 4) is 0 Å². The van der Waals surface area contributed by atoms with Crippen LogP contribution >= 0.6 is 23.7 Å². The molecular formula is C15H28ClN3S. The number of aromatic nitrogens is 1. The predicted molar refractivity (Wildman–Crippen MR) is 89.7 cm³/mol. The smallest absolute Gasteiger partial charge is 0.107 e. The summed E-state index contributed by atoms with van der Waals surface area (Å²) in [6.07, 6.45) is 4.59. The van der Waals surface area contributed by atoms with Crippen molar-refractivity contribution in [3.63, 3.8) is 0 Å².